The van der Waals surface area contributed by atoms with E-state index in [4.69, 9.17) is 9.47 Å². The lowest BCUT2D eigenvalue weighted by molar-refractivity contribution is -0.129. The number of hydrogen-bond acceptors (Lipinski definition) is 5. The summed E-state index contributed by atoms with van der Waals surface area (Å²) in [4.78, 5) is 12.1. The van der Waals surface area contributed by atoms with Gasteiger partial charge in [0.2, 0.25) is 5.91 Å². The van der Waals surface area contributed by atoms with Crippen LogP contribution in [0, 0.1) is 0 Å². The number of ether oxygens (including phenoxy) is 2. The Morgan fingerprint density at radius 1 is 1.37 bits per heavy atom. The van der Waals surface area contributed by atoms with Crippen LogP contribution in [0.5, 0.6) is 0 Å². The van der Waals surface area contributed by atoms with Gasteiger partial charge in [0.25, 0.3) is 0 Å². The average Bonchev–Trinajstić information content (AvgIpc) is 2.46. The Morgan fingerprint density at radius 3 is 2.68 bits per heavy atom. The minimum absolute atomic E-state index is 0.0166. The van der Waals surface area contributed by atoms with Gasteiger partial charge in [-0.1, -0.05) is 0 Å². The topological polar surface area (TPSA) is 67.8 Å². The number of amides is 1. The quantitative estimate of drug-likeness (QED) is 0.805. The van der Waals surface area contributed by atoms with Crippen LogP contribution in [-0.2, 0) is 14.3 Å². The van der Waals surface area contributed by atoms with Gasteiger partial charge in [-0.3, -0.25) is 4.79 Å². The third-order valence-corrected chi connectivity index (χ3v) is 5.36. The SMILES string of the molecule is CNC(=O)C(SC1CCCCO1)C1(O)CCOCC1. The Kier molecular flexibility index (Phi) is 5.50. The van der Waals surface area contributed by atoms with E-state index in [0.29, 0.717) is 26.1 Å². The lowest BCUT2D eigenvalue weighted by atomic mass is 9.90. The first-order chi connectivity index (χ1) is 9.15. The van der Waals surface area contributed by atoms with Crippen LogP contribution in [0.15, 0.2) is 0 Å². The molecule has 2 heterocycles. The van der Waals surface area contributed by atoms with Gasteiger partial charge in [-0.25, -0.2) is 0 Å². The summed E-state index contributed by atoms with van der Waals surface area (Å²) in [6.07, 6.45) is 4.17. The van der Waals surface area contributed by atoms with Crippen LogP contribution in [-0.4, -0.2) is 54.2 Å². The molecular weight excluding hydrogens is 266 g/mol. The number of hydrogen-bond donors (Lipinski definition) is 2. The average molecular weight is 289 g/mol. The predicted molar refractivity (Wildman–Crippen MR) is 74.0 cm³/mol. The molecular formula is C13H23NO4S. The van der Waals surface area contributed by atoms with Crippen LogP contribution in [0.1, 0.15) is 32.1 Å². The van der Waals surface area contributed by atoms with Crippen LogP contribution in [0.25, 0.3) is 0 Å². The maximum Gasteiger partial charge on any atom is 0.235 e. The van der Waals surface area contributed by atoms with E-state index >= 15 is 0 Å². The van der Waals surface area contributed by atoms with Gasteiger partial charge in [-0.15, -0.1) is 11.8 Å². The van der Waals surface area contributed by atoms with Gasteiger partial charge >= 0.3 is 0 Å². The van der Waals surface area contributed by atoms with Gasteiger partial charge in [-0.05, 0) is 19.3 Å². The van der Waals surface area contributed by atoms with Gasteiger partial charge < -0.3 is 19.9 Å². The second-order valence-corrected chi connectivity index (χ2v) is 6.41. The summed E-state index contributed by atoms with van der Waals surface area (Å²) >= 11 is 1.46. The van der Waals surface area contributed by atoms with Gasteiger partial charge in [0.05, 0.1) is 5.60 Å². The maximum atomic E-state index is 12.1. The van der Waals surface area contributed by atoms with E-state index in [1.807, 2.05) is 0 Å². The number of thioether (sulfide) groups is 1. The highest BCUT2D eigenvalue weighted by atomic mass is 32.2. The molecule has 0 aromatic heterocycles. The molecule has 2 unspecified atom stereocenters. The number of rotatable bonds is 4. The number of nitrogens with one attached hydrogen (secondary N) is 1. The minimum Gasteiger partial charge on any atom is -0.388 e. The second-order valence-electron chi connectivity index (χ2n) is 5.14. The number of carbonyl (C=O) groups is 1. The molecule has 0 saturated carbocycles. The van der Waals surface area contributed by atoms with Crippen molar-refractivity contribution in [1.29, 1.82) is 0 Å². The van der Waals surface area contributed by atoms with Gasteiger partial charge in [0.15, 0.2) is 0 Å². The zero-order valence-electron chi connectivity index (χ0n) is 11.4. The van der Waals surface area contributed by atoms with Crippen LogP contribution < -0.4 is 5.32 Å². The maximum absolute atomic E-state index is 12.1. The highest BCUT2D eigenvalue weighted by Crippen LogP contribution is 2.37. The Labute approximate surface area is 118 Å². The van der Waals surface area contributed by atoms with E-state index in [0.717, 1.165) is 25.9 Å². The van der Waals surface area contributed by atoms with Crippen molar-refractivity contribution in [3.8, 4) is 0 Å². The van der Waals surface area contributed by atoms with Gasteiger partial charge in [0, 0.05) is 39.7 Å². The van der Waals surface area contributed by atoms with Crippen LogP contribution in [0.3, 0.4) is 0 Å². The van der Waals surface area contributed by atoms with Crippen molar-refractivity contribution in [3.63, 3.8) is 0 Å². The van der Waals surface area contributed by atoms with E-state index < -0.39 is 10.9 Å². The predicted octanol–water partition coefficient (Wildman–Crippen LogP) is 0.902. The number of aliphatic hydroxyl groups is 1. The first kappa shape index (κ1) is 15.1. The molecule has 1 amide bonds. The third kappa shape index (κ3) is 3.84. The molecule has 2 aliphatic rings. The lowest BCUT2D eigenvalue weighted by Crippen LogP contribution is -2.52. The fourth-order valence-electron chi connectivity index (χ4n) is 2.52. The fourth-order valence-corrected chi connectivity index (χ4v) is 4.03. The Bertz CT molecular complexity index is 301. The van der Waals surface area contributed by atoms with Crippen LogP contribution in [0.4, 0.5) is 0 Å². The molecule has 0 aliphatic carbocycles. The summed E-state index contributed by atoms with van der Waals surface area (Å²) < 4.78 is 11.0. The first-order valence-electron chi connectivity index (χ1n) is 6.94. The molecule has 0 radical (unpaired) electrons. The molecule has 2 saturated heterocycles. The summed E-state index contributed by atoms with van der Waals surface area (Å²) in [5, 5.41) is 12.9. The number of carbonyl (C=O) groups excluding carboxylic acids is 1. The van der Waals surface area contributed by atoms with E-state index in [1.165, 1.54) is 11.8 Å². The molecule has 2 fully saturated rings. The minimum atomic E-state index is -0.982. The fraction of sp³-hybridized carbons (Fsp3) is 0.923. The zero-order chi connectivity index (χ0) is 13.7. The second kappa shape index (κ2) is 6.92. The highest BCUT2D eigenvalue weighted by Gasteiger charge is 2.44. The summed E-state index contributed by atoms with van der Waals surface area (Å²) in [5.41, 5.74) is -0.966. The monoisotopic (exact) mass is 289 g/mol. The largest absolute Gasteiger partial charge is 0.388 e. The molecule has 2 N–H and O–H groups in total. The van der Waals surface area contributed by atoms with Crippen LogP contribution >= 0.6 is 11.8 Å². The van der Waals surface area contributed by atoms with Crippen molar-refractivity contribution in [2.24, 2.45) is 0 Å². The van der Waals surface area contributed by atoms with E-state index in [1.54, 1.807) is 7.05 Å². The Morgan fingerprint density at radius 2 is 2.11 bits per heavy atom. The van der Waals surface area contributed by atoms with Crippen molar-refractivity contribution in [2.45, 2.75) is 48.4 Å². The molecule has 0 bridgehead atoms. The molecule has 19 heavy (non-hydrogen) atoms. The van der Waals surface area contributed by atoms with E-state index in [2.05, 4.69) is 5.32 Å². The van der Waals surface area contributed by atoms with E-state index in [9.17, 15) is 9.90 Å². The normalized spacial score (nSPS) is 28.6. The van der Waals surface area contributed by atoms with Crippen molar-refractivity contribution >= 4 is 17.7 Å². The Hall–Kier alpha value is -0.300. The smallest absolute Gasteiger partial charge is 0.235 e. The molecule has 5 nitrogen and oxygen atoms in total. The summed E-state index contributed by atoms with van der Waals surface area (Å²) in [5.74, 6) is -0.122. The Balaban J connectivity index is 2.03. The zero-order valence-corrected chi connectivity index (χ0v) is 12.2. The van der Waals surface area contributed by atoms with Crippen molar-refractivity contribution < 1.29 is 19.4 Å². The van der Waals surface area contributed by atoms with Crippen molar-refractivity contribution in [1.82, 2.24) is 5.32 Å². The third-order valence-electron chi connectivity index (χ3n) is 3.76. The van der Waals surface area contributed by atoms with Gasteiger partial charge in [-0.2, -0.15) is 0 Å². The lowest BCUT2D eigenvalue weighted by Gasteiger charge is -2.39. The molecule has 0 aromatic rings. The molecule has 2 atom stereocenters. The van der Waals surface area contributed by atoms with Crippen molar-refractivity contribution in [3.05, 3.63) is 0 Å². The van der Waals surface area contributed by atoms with Crippen LogP contribution in [0.2, 0.25) is 0 Å². The summed E-state index contributed by atoms with van der Waals surface area (Å²) in [6.45, 7) is 1.77. The summed E-state index contributed by atoms with van der Waals surface area (Å²) in [7, 11) is 1.61. The molecule has 6 heteroatoms. The standard InChI is InChI=1S/C13H23NO4S/c1-14-12(15)11(13(16)5-8-17-9-6-13)19-10-4-2-3-7-18-10/h10-11,16H,2-9H2,1H3,(H,14,15). The molecule has 110 valence electrons. The summed E-state index contributed by atoms with van der Waals surface area (Å²) in [6, 6.07) is 0. The molecule has 2 rings (SSSR count). The molecule has 2 aliphatic heterocycles. The molecule has 0 aromatic carbocycles. The highest BCUT2D eigenvalue weighted by molar-refractivity contribution is 8.01. The van der Waals surface area contributed by atoms with Gasteiger partial charge in [0.1, 0.15) is 10.7 Å². The molecule has 0 spiro atoms. The van der Waals surface area contributed by atoms with E-state index in [-0.39, 0.29) is 11.3 Å². The first-order valence-corrected chi connectivity index (χ1v) is 7.89. The van der Waals surface area contributed by atoms with Crippen molar-refractivity contribution in [2.75, 3.05) is 26.9 Å².